The molecule has 254 valence electrons. The molecule has 9 heteroatoms. The highest BCUT2D eigenvalue weighted by Crippen LogP contribution is 2.51. The molecule has 0 N–H and O–H groups in total. The molecule has 5 unspecified atom stereocenters. The Morgan fingerprint density at radius 1 is 0.830 bits per heavy atom. The zero-order chi connectivity index (χ0) is 34.0. The van der Waals surface area contributed by atoms with Gasteiger partial charge in [-0.3, -0.25) is 0 Å². The van der Waals surface area contributed by atoms with Crippen molar-refractivity contribution < 1.29 is 28.0 Å². The summed E-state index contributed by atoms with van der Waals surface area (Å²) in [6, 6.07) is 28.9. The van der Waals surface area contributed by atoms with Gasteiger partial charge in [0.2, 0.25) is 0 Å². The van der Waals surface area contributed by atoms with Gasteiger partial charge in [0, 0.05) is 18.0 Å². The van der Waals surface area contributed by atoms with Crippen molar-refractivity contribution in [3.8, 4) is 17.6 Å². The Kier molecular flexibility index (Phi) is 13.6. The van der Waals surface area contributed by atoms with Crippen LogP contribution in [0.1, 0.15) is 71.1 Å². The first-order valence-corrected chi connectivity index (χ1v) is 17.7. The molecule has 0 aromatic heterocycles. The highest BCUT2D eigenvalue weighted by Gasteiger charge is 2.47. The zero-order valence-electron chi connectivity index (χ0n) is 29.1. The normalized spacial score (nSPS) is 20.5. The van der Waals surface area contributed by atoms with E-state index in [1.807, 2.05) is 42.5 Å². The second kappa shape index (κ2) is 17.4. The zero-order valence-corrected chi connectivity index (χ0v) is 30.0. The molecule has 0 amide bonds. The molecule has 1 heterocycles. The van der Waals surface area contributed by atoms with Crippen molar-refractivity contribution in [1.82, 2.24) is 4.67 Å². The van der Waals surface area contributed by atoms with E-state index >= 15 is 0 Å². The van der Waals surface area contributed by atoms with Crippen LogP contribution in [0.25, 0.3) is 0 Å². The molecule has 47 heavy (non-hydrogen) atoms. The molecule has 5 atom stereocenters. The molecule has 4 rings (SSSR count). The van der Waals surface area contributed by atoms with Crippen LogP contribution in [0.5, 0.6) is 11.5 Å². The van der Waals surface area contributed by atoms with Gasteiger partial charge in [0.15, 0.2) is 0 Å². The number of hydrogen-bond acceptors (Lipinski definition) is 8. The Bertz CT molecular complexity index is 1340. The third-order valence-electron chi connectivity index (χ3n) is 8.73. The predicted molar refractivity (Wildman–Crippen MR) is 186 cm³/mol. The lowest BCUT2D eigenvalue weighted by Gasteiger charge is -2.39. The second-order valence-corrected chi connectivity index (χ2v) is 13.8. The third-order valence-corrected chi connectivity index (χ3v) is 10.9. The van der Waals surface area contributed by atoms with E-state index in [1.54, 1.807) is 14.2 Å². The van der Waals surface area contributed by atoms with Crippen LogP contribution in [-0.2, 0) is 24.1 Å². The van der Waals surface area contributed by atoms with Crippen LogP contribution in [0.3, 0.4) is 0 Å². The van der Waals surface area contributed by atoms with Crippen molar-refractivity contribution in [1.29, 1.82) is 5.26 Å². The van der Waals surface area contributed by atoms with Crippen LogP contribution < -0.4 is 9.47 Å². The summed E-state index contributed by atoms with van der Waals surface area (Å²) in [5.74, 6) is 1.64. The fraction of sp³-hybridized carbons (Fsp3) is 0.500. The summed E-state index contributed by atoms with van der Waals surface area (Å²) < 4.78 is 40.6. The Morgan fingerprint density at radius 2 is 1.36 bits per heavy atom. The maximum absolute atomic E-state index is 9.23. The standard InChI is InChI=1S/C38H51N2O6P/c1-9-35-29(6)37(46-47(44-25-13-24-39)40(27(2)3)28(4)5)36(45-35)26-43-38(30-14-11-10-12-15-30,31-16-20-33(41-7)21-17-31)32-18-22-34(42-8)23-19-32/h10-12,14-23,27-29,35-37H,9,13,25-26H2,1-8H3. The topological polar surface area (TPSA) is 82.4 Å². The molecule has 1 aliphatic heterocycles. The van der Waals surface area contributed by atoms with E-state index in [4.69, 9.17) is 28.0 Å². The van der Waals surface area contributed by atoms with E-state index in [-0.39, 0.29) is 42.9 Å². The number of methoxy groups -OCH3 is 2. The number of ether oxygens (including phenoxy) is 4. The van der Waals surface area contributed by atoms with Crippen molar-refractivity contribution in [2.75, 3.05) is 27.4 Å². The molecule has 8 nitrogen and oxygen atoms in total. The highest BCUT2D eigenvalue weighted by molar-refractivity contribution is 7.44. The summed E-state index contributed by atoms with van der Waals surface area (Å²) in [4.78, 5) is 0. The molecule has 0 saturated carbocycles. The van der Waals surface area contributed by atoms with Crippen molar-refractivity contribution in [3.05, 3.63) is 95.6 Å². The van der Waals surface area contributed by atoms with E-state index in [0.29, 0.717) is 13.0 Å². The fourth-order valence-corrected chi connectivity index (χ4v) is 8.26. The number of nitriles is 1. The van der Waals surface area contributed by atoms with Gasteiger partial charge in [-0.25, -0.2) is 4.67 Å². The summed E-state index contributed by atoms with van der Waals surface area (Å²) >= 11 is 0. The van der Waals surface area contributed by atoms with Crippen LogP contribution in [0.15, 0.2) is 78.9 Å². The van der Waals surface area contributed by atoms with Gasteiger partial charge in [0.1, 0.15) is 23.2 Å². The summed E-state index contributed by atoms with van der Waals surface area (Å²) in [7, 11) is 1.87. The van der Waals surface area contributed by atoms with Crippen molar-refractivity contribution in [3.63, 3.8) is 0 Å². The van der Waals surface area contributed by atoms with Gasteiger partial charge in [0.25, 0.3) is 8.53 Å². The van der Waals surface area contributed by atoms with Crippen LogP contribution in [0, 0.1) is 17.2 Å². The lowest BCUT2D eigenvalue weighted by atomic mass is 9.80. The van der Waals surface area contributed by atoms with Crippen LogP contribution in [0.4, 0.5) is 0 Å². The average molecular weight is 663 g/mol. The predicted octanol–water partition coefficient (Wildman–Crippen LogP) is 8.49. The Morgan fingerprint density at radius 3 is 1.83 bits per heavy atom. The monoisotopic (exact) mass is 662 g/mol. The van der Waals surface area contributed by atoms with Gasteiger partial charge in [-0.1, -0.05) is 68.4 Å². The van der Waals surface area contributed by atoms with Gasteiger partial charge >= 0.3 is 0 Å². The Balaban J connectivity index is 1.77. The molecule has 0 radical (unpaired) electrons. The average Bonchev–Trinajstić information content (AvgIpc) is 3.39. The summed E-state index contributed by atoms with van der Waals surface area (Å²) in [6.07, 6.45) is 0.512. The fourth-order valence-electron chi connectivity index (χ4n) is 6.42. The summed E-state index contributed by atoms with van der Waals surface area (Å²) in [6.45, 7) is 13.5. The molecular weight excluding hydrogens is 611 g/mol. The molecule has 1 fully saturated rings. The van der Waals surface area contributed by atoms with Crippen molar-refractivity contribution >= 4 is 8.53 Å². The highest BCUT2D eigenvalue weighted by atomic mass is 31.2. The van der Waals surface area contributed by atoms with Gasteiger partial charge in [0.05, 0.1) is 52.1 Å². The molecule has 1 aliphatic rings. The minimum atomic E-state index is -1.47. The lowest BCUT2D eigenvalue weighted by molar-refractivity contribution is -0.0803. The van der Waals surface area contributed by atoms with Gasteiger partial charge < -0.3 is 28.0 Å². The third kappa shape index (κ3) is 8.53. The smallest absolute Gasteiger partial charge is 0.259 e. The molecule has 0 aliphatic carbocycles. The Labute approximate surface area is 282 Å². The largest absolute Gasteiger partial charge is 0.497 e. The van der Waals surface area contributed by atoms with Gasteiger partial charge in [-0.05, 0) is 75.1 Å². The minimum Gasteiger partial charge on any atom is -0.497 e. The van der Waals surface area contributed by atoms with E-state index in [2.05, 4.69) is 88.7 Å². The first-order chi connectivity index (χ1) is 22.7. The molecule has 0 bridgehead atoms. The summed E-state index contributed by atoms with van der Waals surface area (Å²) in [5, 5.41) is 9.23. The van der Waals surface area contributed by atoms with E-state index in [9.17, 15) is 5.26 Å². The summed E-state index contributed by atoms with van der Waals surface area (Å²) in [5.41, 5.74) is 1.92. The maximum Gasteiger partial charge on any atom is 0.259 e. The number of benzene rings is 3. The van der Waals surface area contributed by atoms with E-state index < -0.39 is 14.1 Å². The molecular formula is C38H51N2O6P. The SMILES string of the molecule is CCC1OC(COC(c2ccccc2)(c2ccc(OC)cc2)c2ccc(OC)cc2)C(OP(OCCC#N)N(C(C)C)C(C)C)C1C. The molecule has 0 spiro atoms. The molecule has 3 aromatic carbocycles. The lowest BCUT2D eigenvalue weighted by Crippen LogP contribution is -2.40. The van der Waals surface area contributed by atoms with E-state index in [0.717, 1.165) is 34.6 Å². The van der Waals surface area contributed by atoms with Crippen LogP contribution in [-0.4, -0.2) is 62.5 Å². The van der Waals surface area contributed by atoms with Crippen molar-refractivity contribution in [2.24, 2.45) is 5.92 Å². The minimum absolute atomic E-state index is 0.00390. The van der Waals surface area contributed by atoms with Crippen LogP contribution >= 0.6 is 8.53 Å². The number of rotatable bonds is 17. The Hall–Kier alpha value is -3.02. The first kappa shape index (κ1) is 36.8. The van der Waals surface area contributed by atoms with Crippen molar-refractivity contribution in [2.45, 2.75) is 90.4 Å². The molecule has 1 saturated heterocycles. The van der Waals surface area contributed by atoms with Gasteiger partial charge in [-0.15, -0.1) is 0 Å². The van der Waals surface area contributed by atoms with Crippen LogP contribution in [0.2, 0.25) is 0 Å². The maximum atomic E-state index is 9.23. The number of hydrogen-bond donors (Lipinski definition) is 0. The van der Waals surface area contributed by atoms with E-state index in [1.165, 1.54) is 0 Å². The molecule has 3 aromatic rings. The second-order valence-electron chi connectivity index (χ2n) is 12.4. The quantitative estimate of drug-likeness (QED) is 0.0809. The number of nitrogens with zero attached hydrogens (tertiary/aromatic N) is 2. The first-order valence-electron chi connectivity index (χ1n) is 16.6. The van der Waals surface area contributed by atoms with Gasteiger partial charge in [-0.2, -0.15) is 5.26 Å².